The number of hydrogen-bond donors (Lipinski definition) is 0. The first kappa shape index (κ1) is 15.3. The van der Waals surface area contributed by atoms with Crippen LogP contribution in [0.1, 0.15) is 34.8 Å². The monoisotopic (exact) mass is 346 g/mol. The van der Waals surface area contributed by atoms with E-state index in [-0.39, 0.29) is 23.8 Å². The molecule has 0 aromatic carbocycles. The Kier molecular flexibility index (Phi) is 3.84. The Hall–Kier alpha value is -2.22. The van der Waals surface area contributed by atoms with Gasteiger partial charge in [-0.1, -0.05) is 5.16 Å². The summed E-state index contributed by atoms with van der Waals surface area (Å²) in [6, 6.07) is 1.68. The van der Waals surface area contributed by atoms with Crippen LogP contribution in [0.3, 0.4) is 0 Å². The topological polar surface area (TPSA) is 79.5 Å². The molecular weight excluding hydrogens is 328 g/mol. The molecule has 3 saturated heterocycles. The summed E-state index contributed by atoms with van der Waals surface area (Å²) in [5, 5.41) is 5.78. The van der Waals surface area contributed by atoms with Crippen LogP contribution in [-0.2, 0) is 11.3 Å². The van der Waals surface area contributed by atoms with E-state index in [4.69, 9.17) is 4.52 Å². The molecule has 3 aliphatic rings. The van der Waals surface area contributed by atoms with E-state index in [0.717, 1.165) is 18.5 Å². The first-order chi connectivity index (χ1) is 11.6. The first-order valence-corrected chi connectivity index (χ1v) is 8.96. The number of piperidine rings is 1. The van der Waals surface area contributed by atoms with Gasteiger partial charge in [-0.25, -0.2) is 4.98 Å². The van der Waals surface area contributed by atoms with Crippen LogP contribution < -0.4 is 0 Å². The van der Waals surface area contributed by atoms with Crippen LogP contribution in [-0.4, -0.2) is 50.9 Å². The minimum absolute atomic E-state index is 0.0369. The maximum absolute atomic E-state index is 12.8. The van der Waals surface area contributed by atoms with Gasteiger partial charge in [0.15, 0.2) is 5.69 Å². The predicted octanol–water partition coefficient (Wildman–Crippen LogP) is 1.70. The summed E-state index contributed by atoms with van der Waals surface area (Å²) in [6.07, 6.45) is 1.75. The Morgan fingerprint density at radius 2 is 2.29 bits per heavy atom. The lowest BCUT2D eigenvalue weighted by Gasteiger charge is -2.35. The van der Waals surface area contributed by atoms with Crippen LogP contribution >= 0.6 is 11.3 Å². The zero-order valence-electron chi connectivity index (χ0n) is 13.3. The molecule has 7 nitrogen and oxygen atoms in total. The second-order valence-corrected chi connectivity index (χ2v) is 7.13. The molecule has 2 amide bonds. The van der Waals surface area contributed by atoms with E-state index in [0.29, 0.717) is 31.1 Å². The molecule has 3 fully saturated rings. The minimum atomic E-state index is -0.160. The van der Waals surface area contributed by atoms with E-state index in [1.807, 2.05) is 10.3 Å². The van der Waals surface area contributed by atoms with Crippen molar-refractivity contribution in [3.05, 3.63) is 34.1 Å². The molecule has 0 spiro atoms. The third kappa shape index (κ3) is 2.71. The summed E-state index contributed by atoms with van der Waals surface area (Å²) in [6.45, 7) is 3.27. The number of aromatic nitrogens is 2. The molecule has 0 saturated carbocycles. The molecular formula is C16H18N4O3S. The van der Waals surface area contributed by atoms with Gasteiger partial charge in [-0.05, 0) is 19.8 Å². The molecule has 0 unspecified atom stereocenters. The molecule has 5 heterocycles. The van der Waals surface area contributed by atoms with Crippen molar-refractivity contribution in [2.24, 2.45) is 5.92 Å². The van der Waals surface area contributed by atoms with Gasteiger partial charge in [0, 0.05) is 30.6 Å². The normalized spacial score (nSPS) is 23.6. The van der Waals surface area contributed by atoms with Crippen LogP contribution in [0.4, 0.5) is 0 Å². The molecule has 0 radical (unpaired) electrons. The summed E-state index contributed by atoms with van der Waals surface area (Å²) in [5.74, 6) is 0.439. The highest BCUT2D eigenvalue weighted by molar-refractivity contribution is 7.07. The molecule has 0 N–H and O–H groups in total. The third-order valence-corrected chi connectivity index (χ3v) is 5.38. The molecule has 5 rings (SSSR count). The van der Waals surface area contributed by atoms with E-state index >= 15 is 0 Å². The van der Waals surface area contributed by atoms with E-state index in [2.05, 4.69) is 10.1 Å². The quantitative estimate of drug-likeness (QED) is 0.845. The Labute approximate surface area is 143 Å². The fourth-order valence-electron chi connectivity index (χ4n) is 3.53. The summed E-state index contributed by atoms with van der Waals surface area (Å²) in [4.78, 5) is 33.4. The summed E-state index contributed by atoms with van der Waals surface area (Å²) >= 11 is 1.53. The summed E-state index contributed by atoms with van der Waals surface area (Å²) < 4.78 is 5.01. The zero-order chi connectivity index (χ0) is 16.7. The lowest BCUT2D eigenvalue weighted by molar-refractivity contribution is -0.140. The van der Waals surface area contributed by atoms with Crippen molar-refractivity contribution < 1.29 is 14.1 Å². The maximum atomic E-state index is 12.8. The number of nitrogens with zero attached hydrogens (tertiary/aromatic N) is 4. The second kappa shape index (κ2) is 6.01. The highest BCUT2D eigenvalue weighted by Crippen LogP contribution is 2.31. The molecule has 0 aliphatic carbocycles. The minimum Gasteiger partial charge on any atom is -0.361 e. The molecule has 2 aromatic heterocycles. The Bertz CT molecular complexity index is 757. The second-order valence-electron chi connectivity index (χ2n) is 6.41. The summed E-state index contributed by atoms with van der Waals surface area (Å²) in [7, 11) is 0. The van der Waals surface area contributed by atoms with E-state index < -0.39 is 0 Å². The van der Waals surface area contributed by atoms with Gasteiger partial charge < -0.3 is 14.3 Å². The van der Waals surface area contributed by atoms with Crippen molar-refractivity contribution >= 4 is 23.2 Å². The average molecular weight is 346 g/mol. The van der Waals surface area contributed by atoms with Gasteiger partial charge in [-0.2, -0.15) is 0 Å². The number of amides is 2. The SMILES string of the molecule is Cc1cc(C(=O)N2C[C@H]3CC[C@@H](C2)N(Cc2cscn2)C3=O)no1. The van der Waals surface area contributed by atoms with Gasteiger partial charge in [0.25, 0.3) is 5.91 Å². The molecule has 126 valence electrons. The smallest absolute Gasteiger partial charge is 0.276 e. The molecule has 24 heavy (non-hydrogen) atoms. The predicted molar refractivity (Wildman–Crippen MR) is 86.3 cm³/mol. The number of hydrogen-bond acceptors (Lipinski definition) is 6. The Morgan fingerprint density at radius 3 is 3.00 bits per heavy atom. The molecule has 2 aromatic rings. The number of fused-ring (bicyclic) bond motifs is 4. The standard InChI is InChI=1S/C16H18N4O3S/c1-10-4-14(18-23-10)16(22)19-5-11-2-3-13(7-19)20(15(11)21)6-12-8-24-9-17-12/h4,8-9,11,13H,2-3,5-7H2,1H3/t11-,13+/m1/s1. The van der Waals surface area contributed by atoms with E-state index in [1.165, 1.54) is 11.3 Å². The number of aryl methyl sites for hydroxylation is 1. The first-order valence-electron chi connectivity index (χ1n) is 8.02. The lowest BCUT2D eigenvalue weighted by atomic mass is 9.94. The average Bonchev–Trinajstić information content (AvgIpc) is 3.15. The van der Waals surface area contributed by atoms with Gasteiger partial charge in [0.2, 0.25) is 5.91 Å². The van der Waals surface area contributed by atoms with Gasteiger partial charge in [-0.3, -0.25) is 9.59 Å². The molecule has 8 heteroatoms. The van der Waals surface area contributed by atoms with Crippen molar-refractivity contribution in [3.63, 3.8) is 0 Å². The lowest BCUT2D eigenvalue weighted by Crippen LogP contribution is -2.47. The van der Waals surface area contributed by atoms with Crippen molar-refractivity contribution in [2.45, 2.75) is 32.4 Å². The molecule has 2 atom stereocenters. The van der Waals surface area contributed by atoms with Gasteiger partial charge >= 0.3 is 0 Å². The maximum Gasteiger partial charge on any atom is 0.276 e. The number of rotatable bonds is 3. The largest absolute Gasteiger partial charge is 0.361 e. The third-order valence-electron chi connectivity index (χ3n) is 4.74. The number of thiazole rings is 1. The fourth-order valence-corrected chi connectivity index (χ4v) is 4.08. The number of carbonyl (C=O) groups excluding carboxylic acids is 2. The Balaban J connectivity index is 1.55. The fraction of sp³-hybridized carbons (Fsp3) is 0.500. The highest BCUT2D eigenvalue weighted by Gasteiger charge is 2.42. The van der Waals surface area contributed by atoms with Crippen molar-refractivity contribution in [1.29, 1.82) is 0 Å². The summed E-state index contributed by atoms with van der Waals surface area (Å²) in [5.41, 5.74) is 3.00. The van der Waals surface area contributed by atoms with Gasteiger partial charge in [0.1, 0.15) is 5.76 Å². The zero-order valence-corrected chi connectivity index (χ0v) is 14.2. The van der Waals surface area contributed by atoms with E-state index in [1.54, 1.807) is 23.4 Å². The van der Waals surface area contributed by atoms with Crippen LogP contribution in [0, 0.1) is 12.8 Å². The van der Waals surface area contributed by atoms with Gasteiger partial charge in [-0.15, -0.1) is 11.3 Å². The van der Waals surface area contributed by atoms with Crippen molar-refractivity contribution in [3.8, 4) is 0 Å². The van der Waals surface area contributed by atoms with E-state index in [9.17, 15) is 9.59 Å². The van der Waals surface area contributed by atoms with Crippen LogP contribution in [0.5, 0.6) is 0 Å². The Morgan fingerprint density at radius 1 is 1.42 bits per heavy atom. The molecule has 3 aliphatic heterocycles. The highest BCUT2D eigenvalue weighted by atomic mass is 32.1. The van der Waals surface area contributed by atoms with Gasteiger partial charge in [0.05, 0.1) is 23.7 Å². The molecule has 2 bridgehead atoms. The van der Waals surface area contributed by atoms with Crippen molar-refractivity contribution in [1.82, 2.24) is 19.9 Å². The van der Waals surface area contributed by atoms with Crippen LogP contribution in [0.25, 0.3) is 0 Å². The van der Waals surface area contributed by atoms with Crippen molar-refractivity contribution in [2.75, 3.05) is 13.1 Å². The van der Waals surface area contributed by atoms with Crippen LogP contribution in [0.15, 0.2) is 21.5 Å². The van der Waals surface area contributed by atoms with Crippen LogP contribution in [0.2, 0.25) is 0 Å². The number of carbonyl (C=O) groups is 2.